The average Bonchev–Trinajstić information content (AvgIpc) is 2.44. The van der Waals surface area contributed by atoms with Gasteiger partial charge >= 0.3 is 11.9 Å². The molecule has 0 unspecified atom stereocenters. The van der Waals surface area contributed by atoms with Crippen LogP contribution in [0.5, 0.6) is 5.75 Å². The second-order valence-electron chi connectivity index (χ2n) is 3.83. The monoisotopic (exact) mass is 266 g/mol. The normalized spacial score (nSPS) is 9.84. The van der Waals surface area contributed by atoms with E-state index in [1.807, 2.05) is 0 Å². The van der Waals surface area contributed by atoms with Gasteiger partial charge in [0.15, 0.2) is 0 Å². The largest absolute Gasteiger partial charge is 0.496 e. The Bertz CT molecular complexity index is 453. The van der Waals surface area contributed by atoms with Crippen LogP contribution >= 0.6 is 0 Å². The van der Waals surface area contributed by atoms with E-state index < -0.39 is 5.97 Å². The van der Waals surface area contributed by atoms with Crippen LogP contribution in [0.3, 0.4) is 0 Å². The Balaban J connectivity index is 2.83. The van der Waals surface area contributed by atoms with Crippen LogP contribution in [0.2, 0.25) is 0 Å². The molecule has 0 saturated carbocycles. The molecule has 1 rings (SSSR count). The average molecular weight is 266 g/mol. The second-order valence-corrected chi connectivity index (χ2v) is 3.83. The second kappa shape index (κ2) is 7.41. The van der Waals surface area contributed by atoms with E-state index in [2.05, 4.69) is 4.74 Å². The summed E-state index contributed by atoms with van der Waals surface area (Å²) < 4.78 is 14.7. The summed E-state index contributed by atoms with van der Waals surface area (Å²) in [6.45, 7) is 2.06. The van der Waals surface area contributed by atoms with E-state index in [0.29, 0.717) is 30.8 Å². The molecule has 0 radical (unpaired) electrons. The SMILES string of the molecule is CCOC(=O)c1ccc(CCC(=O)OC)cc1OC. The number of methoxy groups -OCH3 is 2. The molecule has 0 bridgehead atoms. The highest BCUT2D eigenvalue weighted by atomic mass is 16.5. The Labute approximate surface area is 112 Å². The minimum Gasteiger partial charge on any atom is -0.496 e. The number of esters is 2. The summed E-state index contributed by atoms with van der Waals surface area (Å²) in [5.74, 6) is -0.242. The molecule has 0 saturated heterocycles. The predicted octanol–water partition coefficient (Wildman–Crippen LogP) is 1.98. The molecule has 0 heterocycles. The highest BCUT2D eigenvalue weighted by Crippen LogP contribution is 2.22. The van der Waals surface area contributed by atoms with Gasteiger partial charge in [0.1, 0.15) is 11.3 Å². The van der Waals surface area contributed by atoms with Gasteiger partial charge in [-0.2, -0.15) is 0 Å². The van der Waals surface area contributed by atoms with Crippen LogP contribution in [0.15, 0.2) is 18.2 Å². The van der Waals surface area contributed by atoms with Crippen molar-refractivity contribution in [3.63, 3.8) is 0 Å². The summed E-state index contributed by atoms with van der Waals surface area (Å²) >= 11 is 0. The van der Waals surface area contributed by atoms with Crippen molar-refractivity contribution >= 4 is 11.9 Å². The third-order valence-electron chi connectivity index (χ3n) is 2.61. The predicted molar refractivity (Wildman–Crippen MR) is 69.3 cm³/mol. The molecule has 19 heavy (non-hydrogen) atoms. The maximum absolute atomic E-state index is 11.7. The molecule has 5 heteroatoms. The van der Waals surface area contributed by atoms with Crippen LogP contribution in [0.1, 0.15) is 29.3 Å². The van der Waals surface area contributed by atoms with Crippen LogP contribution in [-0.4, -0.2) is 32.8 Å². The van der Waals surface area contributed by atoms with Crippen molar-refractivity contribution in [1.29, 1.82) is 0 Å². The van der Waals surface area contributed by atoms with E-state index in [0.717, 1.165) is 5.56 Å². The summed E-state index contributed by atoms with van der Waals surface area (Å²) in [5.41, 5.74) is 1.28. The zero-order valence-electron chi connectivity index (χ0n) is 11.4. The Kier molecular flexibility index (Phi) is 5.85. The quantitative estimate of drug-likeness (QED) is 0.737. The standard InChI is InChI=1S/C14H18O5/c1-4-19-14(16)11-7-5-10(9-12(11)17-2)6-8-13(15)18-3/h5,7,9H,4,6,8H2,1-3H3. The van der Waals surface area contributed by atoms with Gasteiger partial charge in [0.05, 0.1) is 20.8 Å². The van der Waals surface area contributed by atoms with Crippen molar-refractivity contribution in [2.75, 3.05) is 20.8 Å². The van der Waals surface area contributed by atoms with Crippen molar-refractivity contribution in [2.24, 2.45) is 0 Å². The van der Waals surface area contributed by atoms with E-state index in [4.69, 9.17) is 9.47 Å². The first-order chi connectivity index (χ1) is 9.12. The minimum atomic E-state index is -0.418. The Morgan fingerprint density at radius 3 is 2.53 bits per heavy atom. The van der Waals surface area contributed by atoms with Crippen LogP contribution in [0, 0.1) is 0 Å². The lowest BCUT2D eigenvalue weighted by Crippen LogP contribution is -2.07. The maximum atomic E-state index is 11.7. The molecule has 5 nitrogen and oxygen atoms in total. The lowest BCUT2D eigenvalue weighted by molar-refractivity contribution is -0.140. The smallest absolute Gasteiger partial charge is 0.341 e. The van der Waals surface area contributed by atoms with E-state index in [-0.39, 0.29) is 5.97 Å². The molecular formula is C14H18O5. The number of aryl methyl sites for hydroxylation is 1. The topological polar surface area (TPSA) is 61.8 Å². The van der Waals surface area contributed by atoms with Gasteiger partial charge in [-0.3, -0.25) is 4.79 Å². The number of benzene rings is 1. The summed E-state index contributed by atoms with van der Waals surface area (Å²) in [7, 11) is 2.84. The molecule has 0 atom stereocenters. The van der Waals surface area contributed by atoms with E-state index in [1.165, 1.54) is 14.2 Å². The first kappa shape index (κ1) is 15.0. The van der Waals surface area contributed by atoms with Crippen molar-refractivity contribution in [3.05, 3.63) is 29.3 Å². The molecule has 0 amide bonds. The molecule has 104 valence electrons. The highest BCUT2D eigenvalue weighted by Gasteiger charge is 2.14. The summed E-state index contributed by atoms with van der Waals surface area (Å²) in [6, 6.07) is 5.15. The van der Waals surface area contributed by atoms with Gasteiger partial charge < -0.3 is 14.2 Å². The van der Waals surface area contributed by atoms with Crippen molar-refractivity contribution < 1.29 is 23.8 Å². The van der Waals surface area contributed by atoms with Crippen molar-refractivity contribution in [3.8, 4) is 5.75 Å². The third-order valence-corrected chi connectivity index (χ3v) is 2.61. The van der Waals surface area contributed by atoms with Crippen LogP contribution in [0.4, 0.5) is 0 Å². The van der Waals surface area contributed by atoms with Crippen LogP contribution < -0.4 is 4.74 Å². The molecule has 0 aliphatic rings. The van der Waals surface area contributed by atoms with Crippen LogP contribution in [0.25, 0.3) is 0 Å². The molecule has 0 spiro atoms. The zero-order chi connectivity index (χ0) is 14.3. The fraction of sp³-hybridized carbons (Fsp3) is 0.429. The van der Waals surface area contributed by atoms with Crippen molar-refractivity contribution in [1.82, 2.24) is 0 Å². The first-order valence-electron chi connectivity index (χ1n) is 6.03. The summed E-state index contributed by atoms with van der Waals surface area (Å²) in [4.78, 5) is 22.7. The summed E-state index contributed by atoms with van der Waals surface area (Å²) in [5, 5.41) is 0. The molecule has 0 aliphatic heterocycles. The number of ether oxygens (including phenoxy) is 3. The molecule has 1 aromatic rings. The highest BCUT2D eigenvalue weighted by molar-refractivity contribution is 5.92. The lowest BCUT2D eigenvalue weighted by atomic mass is 10.1. The molecule has 1 aromatic carbocycles. The van der Waals surface area contributed by atoms with E-state index in [1.54, 1.807) is 25.1 Å². The van der Waals surface area contributed by atoms with Crippen molar-refractivity contribution in [2.45, 2.75) is 19.8 Å². The number of hydrogen-bond acceptors (Lipinski definition) is 5. The molecule has 0 fully saturated rings. The molecule has 0 aliphatic carbocycles. The molecular weight excluding hydrogens is 248 g/mol. The Hall–Kier alpha value is -2.04. The van der Waals surface area contributed by atoms with Gasteiger partial charge in [0.2, 0.25) is 0 Å². The lowest BCUT2D eigenvalue weighted by Gasteiger charge is -2.09. The number of carbonyl (C=O) groups is 2. The fourth-order valence-corrected chi connectivity index (χ4v) is 1.62. The van der Waals surface area contributed by atoms with Gasteiger partial charge in [-0.1, -0.05) is 6.07 Å². The van der Waals surface area contributed by atoms with Gasteiger partial charge in [-0.05, 0) is 31.0 Å². The van der Waals surface area contributed by atoms with Crippen LogP contribution in [-0.2, 0) is 20.7 Å². The van der Waals surface area contributed by atoms with Gasteiger partial charge in [-0.25, -0.2) is 4.79 Å². The van der Waals surface area contributed by atoms with E-state index in [9.17, 15) is 9.59 Å². The van der Waals surface area contributed by atoms with Gasteiger partial charge in [-0.15, -0.1) is 0 Å². The van der Waals surface area contributed by atoms with E-state index >= 15 is 0 Å². The van der Waals surface area contributed by atoms with Gasteiger partial charge in [0.25, 0.3) is 0 Å². The van der Waals surface area contributed by atoms with Gasteiger partial charge in [0, 0.05) is 6.42 Å². The Morgan fingerprint density at radius 1 is 1.21 bits per heavy atom. The minimum absolute atomic E-state index is 0.270. The fourth-order valence-electron chi connectivity index (χ4n) is 1.62. The zero-order valence-corrected chi connectivity index (χ0v) is 11.4. The molecule has 0 aromatic heterocycles. The number of rotatable bonds is 6. The third kappa shape index (κ3) is 4.28. The number of hydrogen-bond donors (Lipinski definition) is 0. The maximum Gasteiger partial charge on any atom is 0.341 e. The first-order valence-corrected chi connectivity index (χ1v) is 6.03. The number of carbonyl (C=O) groups excluding carboxylic acids is 2. The Morgan fingerprint density at radius 2 is 1.95 bits per heavy atom. The molecule has 0 N–H and O–H groups in total. The summed E-state index contributed by atoms with van der Waals surface area (Å²) in [6.07, 6.45) is 0.824.